The summed E-state index contributed by atoms with van der Waals surface area (Å²) in [7, 11) is -3.81. The first-order valence-electron chi connectivity index (χ1n) is 8.17. The van der Waals surface area contributed by atoms with Crippen LogP contribution in [0, 0.1) is 13.8 Å². The van der Waals surface area contributed by atoms with Crippen molar-refractivity contribution < 1.29 is 22.7 Å². The van der Waals surface area contributed by atoms with Gasteiger partial charge in [0.2, 0.25) is 10.0 Å². The summed E-state index contributed by atoms with van der Waals surface area (Å²) in [6.07, 6.45) is 1.76. The van der Waals surface area contributed by atoms with Gasteiger partial charge in [0, 0.05) is 6.04 Å². The van der Waals surface area contributed by atoms with Gasteiger partial charge in [-0.2, -0.15) is 4.72 Å². The number of carbonyl (C=O) groups is 2. The van der Waals surface area contributed by atoms with Gasteiger partial charge in [-0.1, -0.05) is 19.4 Å². The molecule has 0 spiro atoms. The van der Waals surface area contributed by atoms with Gasteiger partial charge < -0.3 is 10.1 Å². The lowest BCUT2D eigenvalue weighted by molar-refractivity contribution is -0.147. The van der Waals surface area contributed by atoms with Crippen LogP contribution in [0.2, 0.25) is 0 Å². The molecule has 0 aliphatic rings. The second kappa shape index (κ2) is 9.53. The van der Waals surface area contributed by atoms with Crippen LogP contribution in [0.4, 0.5) is 0 Å². The van der Waals surface area contributed by atoms with Gasteiger partial charge in [0.1, 0.15) is 6.54 Å². The van der Waals surface area contributed by atoms with Gasteiger partial charge in [0.15, 0.2) is 6.61 Å². The van der Waals surface area contributed by atoms with Gasteiger partial charge in [-0.15, -0.1) is 0 Å². The van der Waals surface area contributed by atoms with Crippen molar-refractivity contribution in [1.82, 2.24) is 10.0 Å². The highest BCUT2D eigenvalue weighted by Crippen LogP contribution is 2.14. The quantitative estimate of drug-likeness (QED) is 0.640. The molecule has 1 atom stereocenters. The molecule has 1 aromatic rings. The largest absolute Gasteiger partial charge is 0.455 e. The molecule has 2 N–H and O–H groups in total. The maximum Gasteiger partial charge on any atom is 0.321 e. The monoisotopic (exact) mass is 370 g/mol. The van der Waals surface area contributed by atoms with Crippen LogP contribution in [0.1, 0.15) is 37.8 Å². The Morgan fingerprint density at radius 2 is 1.88 bits per heavy atom. The number of hydrogen-bond acceptors (Lipinski definition) is 5. The lowest BCUT2D eigenvalue weighted by Gasteiger charge is -2.13. The summed E-state index contributed by atoms with van der Waals surface area (Å²) in [5.74, 6) is -1.22. The van der Waals surface area contributed by atoms with Crippen LogP contribution in [-0.4, -0.2) is 39.5 Å². The van der Waals surface area contributed by atoms with Crippen LogP contribution in [0.25, 0.3) is 0 Å². The summed E-state index contributed by atoms with van der Waals surface area (Å²) in [6.45, 7) is 6.58. The van der Waals surface area contributed by atoms with E-state index in [1.807, 2.05) is 20.8 Å². The molecule has 25 heavy (non-hydrogen) atoms. The summed E-state index contributed by atoms with van der Waals surface area (Å²) >= 11 is 0. The molecule has 0 saturated heterocycles. The number of aryl methyl sites for hydroxylation is 2. The minimum atomic E-state index is -3.81. The number of sulfonamides is 1. The lowest BCUT2D eigenvalue weighted by atomic mass is 10.1. The van der Waals surface area contributed by atoms with Crippen molar-refractivity contribution in [2.75, 3.05) is 13.2 Å². The van der Waals surface area contributed by atoms with Crippen molar-refractivity contribution in [3.05, 3.63) is 29.3 Å². The topological polar surface area (TPSA) is 102 Å². The van der Waals surface area contributed by atoms with Crippen molar-refractivity contribution in [2.24, 2.45) is 0 Å². The van der Waals surface area contributed by atoms with Gasteiger partial charge in [-0.25, -0.2) is 8.42 Å². The molecule has 1 rings (SSSR count). The second-order valence-corrected chi connectivity index (χ2v) is 7.76. The number of benzene rings is 1. The van der Waals surface area contributed by atoms with Crippen LogP contribution in [0.15, 0.2) is 23.1 Å². The van der Waals surface area contributed by atoms with E-state index in [-0.39, 0.29) is 10.9 Å². The summed E-state index contributed by atoms with van der Waals surface area (Å²) in [5.41, 5.74) is 1.81. The number of ether oxygens (including phenoxy) is 1. The molecule has 7 nitrogen and oxygen atoms in total. The van der Waals surface area contributed by atoms with Gasteiger partial charge in [-0.05, 0) is 50.5 Å². The van der Waals surface area contributed by atoms with Crippen LogP contribution >= 0.6 is 0 Å². The molecule has 0 aliphatic heterocycles. The standard InChI is InChI=1S/C17H26N2O5S/c1-5-6-14(4)19-16(20)11-24-17(21)10-18-25(22,23)15-8-7-12(2)13(3)9-15/h7-9,14,18H,5-6,10-11H2,1-4H3,(H,19,20)/t14-/m1/s1. The van der Waals surface area contributed by atoms with E-state index in [2.05, 4.69) is 10.0 Å². The van der Waals surface area contributed by atoms with E-state index in [0.29, 0.717) is 0 Å². The summed E-state index contributed by atoms with van der Waals surface area (Å²) in [6, 6.07) is 4.70. The minimum absolute atomic E-state index is 0.000480. The van der Waals surface area contributed by atoms with E-state index in [1.165, 1.54) is 12.1 Å². The van der Waals surface area contributed by atoms with Gasteiger partial charge in [0.05, 0.1) is 4.90 Å². The molecule has 0 heterocycles. The number of esters is 1. The van der Waals surface area contributed by atoms with Crippen molar-refractivity contribution in [2.45, 2.75) is 51.5 Å². The lowest BCUT2D eigenvalue weighted by Crippen LogP contribution is -2.37. The highest BCUT2D eigenvalue weighted by Gasteiger charge is 2.17. The van der Waals surface area contributed by atoms with E-state index >= 15 is 0 Å². The first kappa shape index (κ1) is 21.1. The van der Waals surface area contributed by atoms with Crippen molar-refractivity contribution in [3.63, 3.8) is 0 Å². The normalized spacial score (nSPS) is 12.5. The fraction of sp³-hybridized carbons (Fsp3) is 0.529. The van der Waals surface area contributed by atoms with E-state index in [9.17, 15) is 18.0 Å². The molecule has 0 unspecified atom stereocenters. The molecule has 8 heteroatoms. The molecule has 0 radical (unpaired) electrons. The molecule has 1 amide bonds. The average molecular weight is 370 g/mol. The molecule has 0 aromatic heterocycles. The van der Waals surface area contributed by atoms with Gasteiger partial charge in [0.25, 0.3) is 5.91 Å². The van der Waals surface area contributed by atoms with E-state index < -0.39 is 35.1 Å². The molecular formula is C17H26N2O5S. The van der Waals surface area contributed by atoms with Gasteiger partial charge in [-0.3, -0.25) is 9.59 Å². The Labute approximate surface area is 149 Å². The predicted molar refractivity (Wildman–Crippen MR) is 94.6 cm³/mol. The number of amides is 1. The van der Waals surface area contributed by atoms with Crippen LogP contribution in [0.3, 0.4) is 0 Å². The molecule has 0 bridgehead atoms. The number of rotatable bonds is 9. The molecular weight excluding hydrogens is 344 g/mol. The van der Waals surface area contributed by atoms with Crippen molar-refractivity contribution >= 4 is 21.9 Å². The fourth-order valence-corrected chi connectivity index (χ4v) is 3.19. The molecule has 0 aliphatic carbocycles. The van der Waals surface area contributed by atoms with E-state index in [4.69, 9.17) is 4.74 Å². The summed E-state index contributed by atoms with van der Waals surface area (Å²) in [5, 5.41) is 2.69. The molecule has 0 saturated carbocycles. The Morgan fingerprint density at radius 1 is 1.20 bits per heavy atom. The van der Waals surface area contributed by atoms with Crippen molar-refractivity contribution in [1.29, 1.82) is 0 Å². The zero-order valence-corrected chi connectivity index (χ0v) is 15.9. The third-order valence-corrected chi connectivity index (χ3v) is 5.09. The molecule has 140 valence electrons. The van der Waals surface area contributed by atoms with E-state index in [1.54, 1.807) is 13.0 Å². The smallest absolute Gasteiger partial charge is 0.321 e. The Bertz CT molecular complexity index is 716. The van der Waals surface area contributed by atoms with Gasteiger partial charge >= 0.3 is 5.97 Å². The van der Waals surface area contributed by atoms with Crippen LogP contribution < -0.4 is 10.0 Å². The Kier molecular flexibility index (Phi) is 8.05. The maximum absolute atomic E-state index is 12.2. The Balaban J connectivity index is 2.47. The summed E-state index contributed by atoms with van der Waals surface area (Å²) in [4.78, 5) is 23.3. The zero-order valence-electron chi connectivity index (χ0n) is 15.1. The summed E-state index contributed by atoms with van der Waals surface area (Å²) < 4.78 is 31.3. The third-order valence-electron chi connectivity index (χ3n) is 3.69. The third kappa shape index (κ3) is 7.23. The average Bonchev–Trinajstić information content (AvgIpc) is 2.53. The first-order valence-corrected chi connectivity index (χ1v) is 9.66. The first-order chi connectivity index (χ1) is 11.7. The SMILES string of the molecule is CCC[C@@H](C)NC(=O)COC(=O)CNS(=O)(=O)c1ccc(C)c(C)c1. The highest BCUT2D eigenvalue weighted by atomic mass is 32.2. The van der Waals surface area contributed by atoms with Crippen molar-refractivity contribution in [3.8, 4) is 0 Å². The molecule has 1 aromatic carbocycles. The Hall–Kier alpha value is -1.93. The fourth-order valence-electron chi connectivity index (χ4n) is 2.14. The van der Waals surface area contributed by atoms with Crippen LogP contribution in [-0.2, 0) is 24.3 Å². The zero-order chi connectivity index (χ0) is 19.0. The highest BCUT2D eigenvalue weighted by molar-refractivity contribution is 7.89. The Morgan fingerprint density at radius 3 is 2.48 bits per heavy atom. The second-order valence-electron chi connectivity index (χ2n) is 5.99. The van der Waals surface area contributed by atoms with E-state index in [0.717, 1.165) is 24.0 Å². The maximum atomic E-state index is 12.2. The van der Waals surface area contributed by atoms with Crippen LogP contribution in [0.5, 0.6) is 0 Å². The predicted octanol–water partition coefficient (Wildman–Crippen LogP) is 1.43. The number of hydrogen-bond donors (Lipinski definition) is 2. The molecule has 0 fully saturated rings. The minimum Gasteiger partial charge on any atom is -0.455 e. The number of carbonyl (C=O) groups excluding carboxylic acids is 2. The number of nitrogens with one attached hydrogen (secondary N) is 2.